The minimum Gasteiger partial charge on any atom is -0.507 e. The van der Waals surface area contributed by atoms with E-state index in [2.05, 4.69) is 15.2 Å². The molecule has 3 rings (SSSR count). The molecular formula is C12H10N4O2. The number of H-pyrrole nitrogens is 2. The number of fused-ring (bicyclic) bond motifs is 1. The van der Waals surface area contributed by atoms with Gasteiger partial charge in [-0.15, -0.1) is 0 Å². The van der Waals surface area contributed by atoms with Crippen molar-refractivity contribution in [2.45, 2.75) is 0 Å². The van der Waals surface area contributed by atoms with Crippen molar-refractivity contribution in [3.05, 3.63) is 36.0 Å². The van der Waals surface area contributed by atoms with E-state index in [9.17, 15) is 9.90 Å². The third-order valence-electron chi connectivity index (χ3n) is 2.82. The molecule has 1 aromatic rings. The minimum atomic E-state index is -0.683. The minimum absolute atomic E-state index is 0.0812. The number of rotatable bonds is 2. The number of nitrogens with one attached hydrogen (secondary N) is 2. The van der Waals surface area contributed by atoms with E-state index in [-0.39, 0.29) is 11.3 Å². The molecule has 0 aromatic heterocycles. The highest BCUT2D eigenvalue weighted by Gasteiger charge is 2.21. The van der Waals surface area contributed by atoms with Gasteiger partial charge in [0.2, 0.25) is 0 Å². The van der Waals surface area contributed by atoms with Crippen molar-refractivity contribution in [1.82, 2.24) is 15.2 Å². The van der Waals surface area contributed by atoms with Crippen molar-refractivity contribution < 1.29 is 9.90 Å². The van der Waals surface area contributed by atoms with Crippen LogP contribution in [0.5, 0.6) is 5.75 Å². The van der Waals surface area contributed by atoms with E-state index in [1.165, 1.54) is 6.07 Å². The van der Waals surface area contributed by atoms with Gasteiger partial charge in [0.25, 0.3) is 5.91 Å². The SMILES string of the molecule is NC(=O)c1c(O)cccc1-c1[nH][nH]c2ccnc1-2. The van der Waals surface area contributed by atoms with Crippen LogP contribution in [0.4, 0.5) is 0 Å². The van der Waals surface area contributed by atoms with Crippen molar-refractivity contribution in [3.63, 3.8) is 0 Å². The van der Waals surface area contributed by atoms with E-state index < -0.39 is 5.91 Å². The molecule has 90 valence electrons. The molecule has 5 N–H and O–H groups in total. The maximum atomic E-state index is 11.4. The summed E-state index contributed by atoms with van der Waals surface area (Å²) in [5, 5.41) is 15.6. The fraction of sp³-hybridized carbons (Fsp3) is 0. The van der Waals surface area contributed by atoms with Gasteiger partial charge >= 0.3 is 0 Å². The summed E-state index contributed by atoms with van der Waals surface area (Å²) in [6.45, 7) is 0. The molecule has 0 saturated carbocycles. The molecule has 2 heterocycles. The maximum absolute atomic E-state index is 11.4. The number of carbonyl (C=O) groups is 1. The van der Waals surface area contributed by atoms with Crippen LogP contribution >= 0.6 is 0 Å². The lowest BCUT2D eigenvalue weighted by Crippen LogP contribution is -2.12. The van der Waals surface area contributed by atoms with Crippen LogP contribution in [0.25, 0.3) is 22.6 Å². The predicted molar refractivity (Wildman–Crippen MR) is 65.2 cm³/mol. The Hall–Kier alpha value is -2.76. The van der Waals surface area contributed by atoms with E-state index in [4.69, 9.17) is 5.73 Å². The maximum Gasteiger partial charge on any atom is 0.253 e. The molecule has 1 amide bonds. The van der Waals surface area contributed by atoms with Crippen LogP contribution < -0.4 is 5.73 Å². The standard InChI is InChI=1S/C12H10N4O2/c13-12(18)9-6(2-1-3-8(9)17)10-11-7(15-16-10)4-5-14-11/h1-5,15-17H,(H2,13,18). The zero-order valence-corrected chi connectivity index (χ0v) is 9.27. The number of phenols is 1. The van der Waals surface area contributed by atoms with Gasteiger partial charge in [0, 0.05) is 11.8 Å². The van der Waals surface area contributed by atoms with Gasteiger partial charge in [0.05, 0.1) is 17.0 Å². The monoisotopic (exact) mass is 242 g/mol. The second-order valence-corrected chi connectivity index (χ2v) is 3.90. The average Bonchev–Trinajstić information content (AvgIpc) is 2.89. The summed E-state index contributed by atoms with van der Waals surface area (Å²) in [4.78, 5) is 15.6. The molecule has 0 radical (unpaired) electrons. The predicted octanol–water partition coefficient (Wildman–Crippen LogP) is 1.31. The Kier molecular flexibility index (Phi) is 2.09. The Bertz CT molecular complexity index is 698. The molecule has 6 nitrogen and oxygen atoms in total. The van der Waals surface area contributed by atoms with E-state index in [1.807, 2.05) is 6.07 Å². The lowest BCUT2D eigenvalue weighted by atomic mass is 10.0. The largest absolute Gasteiger partial charge is 0.507 e. The number of aromatic hydroxyl groups is 1. The topological polar surface area (TPSA) is 108 Å². The zero-order valence-electron chi connectivity index (χ0n) is 9.27. The Morgan fingerprint density at radius 1 is 1.28 bits per heavy atom. The summed E-state index contributed by atoms with van der Waals surface area (Å²) in [5.41, 5.74) is 8.04. The molecular weight excluding hydrogens is 232 g/mol. The molecule has 0 saturated heterocycles. The Balaban J connectivity index is 2.28. The number of aromatic nitrogens is 3. The number of aromatic amines is 2. The van der Waals surface area contributed by atoms with Crippen LogP contribution in [0.2, 0.25) is 0 Å². The van der Waals surface area contributed by atoms with Crippen LogP contribution in [0.3, 0.4) is 0 Å². The summed E-state index contributed by atoms with van der Waals surface area (Å²) in [7, 11) is 0. The Morgan fingerprint density at radius 3 is 2.89 bits per heavy atom. The van der Waals surface area contributed by atoms with Crippen molar-refractivity contribution in [1.29, 1.82) is 0 Å². The molecule has 6 heteroatoms. The third-order valence-corrected chi connectivity index (χ3v) is 2.82. The van der Waals surface area contributed by atoms with Gasteiger partial charge in [-0.2, -0.15) is 0 Å². The Labute approximate surface area is 102 Å². The first-order chi connectivity index (χ1) is 8.68. The first kappa shape index (κ1) is 10.4. The number of carbonyl (C=O) groups excluding carboxylic acids is 1. The van der Waals surface area contributed by atoms with Gasteiger partial charge < -0.3 is 10.8 Å². The van der Waals surface area contributed by atoms with E-state index in [1.54, 1.807) is 18.3 Å². The summed E-state index contributed by atoms with van der Waals surface area (Å²) in [5.74, 6) is -0.827. The van der Waals surface area contributed by atoms with Crippen molar-refractivity contribution >= 4 is 5.91 Å². The van der Waals surface area contributed by atoms with Crippen LogP contribution in [0, 0.1) is 0 Å². The quantitative estimate of drug-likeness (QED) is 0.544. The number of hydrogen-bond donors (Lipinski definition) is 4. The second kappa shape index (κ2) is 3.63. The number of nitrogens with two attached hydrogens (primary N) is 1. The molecule has 1 aromatic carbocycles. The summed E-state index contributed by atoms with van der Waals surface area (Å²) in [6.07, 6.45) is 1.66. The van der Waals surface area contributed by atoms with Crippen LogP contribution in [-0.4, -0.2) is 26.2 Å². The zero-order chi connectivity index (χ0) is 12.7. The average molecular weight is 242 g/mol. The Morgan fingerprint density at radius 2 is 2.11 bits per heavy atom. The van der Waals surface area contributed by atoms with E-state index >= 15 is 0 Å². The number of benzene rings is 1. The summed E-state index contributed by atoms with van der Waals surface area (Å²) in [6, 6.07) is 6.58. The van der Waals surface area contributed by atoms with Gasteiger partial charge in [0.1, 0.15) is 11.4 Å². The molecule has 0 unspecified atom stereocenters. The molecule has 0 spiro atoms. The molecule has 18 heavy (non-hydrogen) atoms. The number of hydrogen-bond acceptors (Lipinski definition) is 3. The van der Waals surface area contributed by atoms with E-state index in [0.717, 1.165) is 5.69 Å². The van der Waals surface area contributed by atoms with Gasteiger partial charge in [-0.3, -0.25) is 20.0 Å². The van der Waals surface area contributed by atoms with Gasteiger partial charge in [-0.1, -0.05) is 12.1 Å². The van der Waals surface area contributed by atoms with Crippen molar-refractivity contribution in [2.24, 2.45) is 5.73 Å². The number of nitrogens with zero attached hydrogens (tertiary/aromatic N) is 1. The van der Waals surface area contributed by atoms with Gasteiger partial charge in [-0.25, -0.2) is 0 Å². The van der Waals surface area contributed by atoms with Crippen molar-refractivity contribution in [2.75, 3.05) is 0 Å². The molecule has 2 aliphatic heterocycles. The third kappa shape index (κ3) is 1.36. The summed E-state index contributed by atoms with van der Waals surface area (Å²) < 4.78 is 0. The van der Waals surface area contributed by atoms with Gasteiger partial charge in [-0.05, 0) is 12.1 Å². The molecule has 2 aliphatic rings. The first-order valence-electron chi connectivity index (χ1n) is 5.31. The lowest BCUT2D eigenvalue weighted by Gasteiger charge is -2.07. The normalized spacial score (nSPS) is 10.9. The summed E-state index contributed by atoms with van der Waals surface area (Å²) >= 11 is 0. The molecule has 0 atom stereocenters. The first-order valence-corrected chi connectivity index (χ1v) is 5.31. The highest BCUT2D eigenvalue weighted by Crippen LogP contribution is 2.34. The fourth-order valence-corrected chi connectivity index (χ4v) is 2.03. The lowest BCUT2D eigenvalue weighted by molar-refractivity contribution is 0.0998. The molecule has 0 aliphatic carbocycles. The fourth-order valence-electron chi connectivity index (χ4n) is 2.03. The van der Waals surface area contributed by atoms with Crippen LogP contribution in [0.1, 0.15) is 10.4 Å². The van der Waals surface area contributed by atoms with Crippen LogP contribution in [0.15, 0.2) is 30.5 Å². The van der Waals surface area contributed by atoms with Gasteiger partial charge in [0.15, 0.2) is 0 Å². The smallest absolute Gasteiger partial charge is 0.253 e. The second-order valence-electron chi connectivity index (χ2n) is 3.90. The van der Waals surface area contributed by atoms with E-state index in [0.29, 0.717) is 17.0 Å². The number of primary amides is 1. The highest BCUT2D eigenvalue weighted by molar-refractivity contribution is 6.03. The molecule has 0 bridgehead atoms. The van der Waals surface area contributed by atoms with Crippen molar-refractivity contribution in [3.8, 4) is 28.4 Å². The number of amides is 1. The van der Waals surface area contributed by atoms with Crippen LogP contribution in [-0.2, 0) is 0 Å². The molecule has 0 fully saturated rings. The highest BCUT2D eigenvalue weighted by atomic mass is 16.3.